The molecule has 0 radical (unpaired) electrons. The second-order valence-corrected chi connectivity index (χ2v) is 5.28. The Bertz CT molecular complexity index is 496. The summed E-state index contributed by atoms with van der Waals surface area (Å²) in [4.78, 5) is 0. The predicted molar refractivity (Wildman–Crippen MR) is 67.5 cm³/mol. The van der Waals surface area contributed by atoms with Gasteiger partial charge in [-0.1, -0.05) is 32.0 Å². The molecule has 0 atom stereocenters. The summed E-state index contributed by atoms with van der Waals surface area (Å²) in [5, 5.41) is 10.6. The zero-order valence-corrected chi connectivity index (χ0v) is 10.2. The molecule has 0 fully saturated rings. The van der Waals surface area contributed by atoms with Crippen LogP contribution >= 0.6 is 0 Å². The van der Waals surface area contributed by atoms with E-state index in [4.69, 9.17) is 0 Å². The minimum absolute atomic E-state index is 0.0515. The monoisotopic (exact) mass is 217 g/mol. The van der Waals surface area contributed by atoms with Crippen LogP contribution < -0.4 is 0 Å². The molecule has 0 aliphatic rings. The summed E-state index contributed by atoms with van der Waals surface area (Å²) in [5.74, 6) is 0. The Hall–Kier alpha value is -1.28. The molecular formula is C14H19NO. The summed E-state index contributed by atoms with van der Waals surface area (Å²) < 4.78 is 2.15. The number of hydrogen-bond donors (Lipinski definition) is 1. The molecule has 0 bridgehead atoms. The van der Waals surface area contributed by atoms with Gasteiger partial charge in [-0.2, -0.15) is 0 Å². The van der Waals surface area contributed by atoms with Crippen molar-refractivity contribution in [3.8, 4) is 0 Å². The first-order valence-corrected chi connectivity index (χ1v) is 5.67. The first kappa shape index (κ1) is 11.2. The van der Waals surface area contributed by atoms with E-state index in [0.29, 0.717) is 0 Å². The van der Waals surface area contributed by atoms with Crippen LogP contribution in [0, 0.1) is 5.41 Å². The van der Waals surface area contributed by atoms with E-state index in [1.165, 1.54) is 16.5 Å². The number of para-hydroxylation sites is 1. The molecule has 1 aromatic carbocycles. The maximum atomic E-state index is 9.33. The summed E-state index contributed by atoms with van der Waals surface area (Å²) in [5.41, 5.74) is 2.52. The summed E-state index contributed by atoms with van der Waals surface area (Å²) >= 11 is 0. The molecule has 16 heavy (non-hydrogen) atoms. The lowest BCUT2D eigenvalue weighted by Gasteiger charge is -2.20. The number of rotatable bonds is 3. The lowest BCUT2D eigenvalue weighted by atomic mass is 9.87. The van der Waals surface area contributed by atoms with Gasteiger partial charge >= 0.3 is 0 Å². The van der Waals surface area contributed by atoms with E-state index in [1.54, 1.807) is 0 Å². The van der Waals surface area contributed by atoms with Crippen molar-refractivity contribution in [1.29, 1.82) is 0 Å². The Morgan fingerprint density at radius 3 is 2.62 bits per heavy atom. The maximum absolute atomic E-state index is 9.33. The highest BCUT2D eigenvalue weighted by molar-refractivity contribution is 5.83. The van der Waals surface area contributed by atoms with Crippen LogP contribution in [0.15, 0.2) is 30.5 Å². The first-order chi connectivity index (χ1) is 7.53. The average molecular weight is 217 g/mol. The number of hydrogen-bond acceptors (Lipinski definition) is 1. The highest BCUT2D eigenvalue weighted by Gasteiger charge is 2.19. The van der Waals surface area contributed by atoms with Gasteiger partial charge in [0, 0.05) is 30.8 Å². The van der Waals surface area contributed by atoms with E-state index in [1.807, 2.05) is 0 Å². The van der Waals surface area contributed by atoms with Gasteiger partial charge in [-0.3, -0.25) is 0 Å². The lowest BCUT2D eigenvalue weighted by molar-refractivity contribution is 0.160. The van der Waals surface area contributed by atoms with Crippen molar-refractivity contribution in [3.05, 3.63) is 36.0 Å². The van der Waals surface area contributed by atoms with E-state index < -0.39 is 0 Å². The molecule has 0 spiro atoms. The van der Waals surface area contributed by atoms with Crippen molar-refractivity contribution in [2.24, 2.45) is 12.5 Å². The van der Waals surface area contributed by atoms with E-state index in [0.717, 1.165) is 6.42 Å². The number of fused-ring (bicyclic) bond motifs is 1. The standard InChI is InChI=1S/C14H19NO/c1-14(2,10-16)8-11-9-15(3)13-7-5-4-6-12(11)13/h4-7,9,16H,8,10H2,1-3H3. The van der Waals surface area contributed by atoms with Gasteiger partial charge in [0.2, 0.25) is 0 Å². The number of aromatic nitrogens is 1. The molecule has 0 aliphatic carbocycles. The summed E-state index contributed by atoms with van der Waals surface area (Å²) in [6.07, 6.45) is 3.08. The maximum Gasteiger partial charge on any atom is 0.0485 e. The highest BCUT2D eigenvalue weighted by atomic mass is 16.3. The fourth-order valence-corrected chi connectivity index (χ4v) is 2.14. The molecule has 0 aliphatic heterocycles. The lowest BCUT2D eigenvalue weighted by Crippen LogP contribution is -2.19. The van der Waals surface area contributed by atoms with Gasteiger partial charge < -0.3 is 9.67 Å². The van der Waals surface area contributed by atoms with Gasteiger partial charge in [0.05, 0.1) is 0 Å². The van der Waals surface area contributed by atoms with Crippen molar-refractivity contribution >= 4 is 10.9 Å². The first-order valence-electron chi connectivity index (χ1n) is 5.67. The van der Waals surface area contributed by atoms with Crippen LogP contribution in [0.25, 0.3) is 10.9 Å². The molecule has 0 saturated heterocycles. The van der Waals surface area contributed by atoms with Crippen LogP contribution in [-0.2, 0) is 13.5 Å². The van der Waals surface area contributed by atoms with Crippen molar-refractivity contribution in [3.63, 3.8) is 0 Å². The van der Waals surface area contributed by atoms with E-state index >= 15 is 0 Å². The number of aliphatic hydroxyl groups excluding tert-OH is 1. The van der Waals surface area contributed by atoms with Gasteiger partial charge in [-0.25, -0.2) is 0 Å². The van der Waals surface area contributed by atoms with E-state index in [9.17, 15) is 5.11 Å². The smallest absolute Gasteiger partial charge is 0.0485 e. The van der Waals surface area contributed by atoms with Gasteiger partial charge in [0.15, 0.2) is 0 Å². The van der Waals surface area contributed by atoms with Crippen LogP contribution in [0.2, 0.25) is 0 Å². The van der Waals surface area contributed by atoms with Crippen LogP contribution in [0.5, 0.6) is 0 Å². The third-order valence-corrected chi connectivity index (χ3v) is 3.08. The Morgan fingerprint density at radius 1 is 1.25 bits per heavy atom. The normalized spacial score (nSPS) is 12.2. The molecular weight excluding hydrogens is 198 g/mol. The summed E-state index contributed by atoms with van der Waals surface area (Å²) in [6, 6.07) is 8.41. The van der Waals surface area contributed by atoms with E-state index in [-0.39, 0.29) is 12.0 Å². The SMILES string of the molecule is Cn1cc(CC(C)(C)CO)c2ccccc21. The Kier molecular flexibility index (Phi) is 2.76. The molecule has 2 heteroatoms. The van der Waals surface area contributed by atoms with Crippen LogP contribution in [0.4, 0.5) is 0 Å². The van der Waals surface area contributed by atoms with Crippen molar-refractivity contribution in [1.82, 2.24) is 4.57 Å². The summed E-state index contributed by atoms with van der Waals surface area (Å²) in [7, 11) is 2.07. The molecule has 1 N–H and O–H groups in total. The molecule has 2 nitrogen and oxygen atoms in total. The number of aryl methyl sites for hydroxylation is 1. The van der Waals surface area contributed by atoms with Crippen LogP contribution in [0.3, 0.4) is 0 Å². The topological polar surface area (TPSA) is 25.2 Å². The molecule has 0 saturated carbocycles. The predicted octanol–water partition coefficient (Wildman–Crippen LogP) is 2.74. The van der Waals surface area contributed by atoms with Gasteiger partial charge in [-0.05, 0) is 23.5 Å². The summed E-state index contributed by atoms with van der Waals surface area (Å²) in [6.45, 7) is 4.40. The fourth-order valence-electron chi connectivity index (χ4n) is 2.14. The average Bonchev–Trinajstić information content (AvgIpc) is 2.56. The minimum Gasteiger partial charge on any atom is -0.396 e. The van der Waals surface area contributed by atoms with Crippen LogP contribution in [0.1, 0.15) is 19.4 Å². The molecule has 0 unspecified atom stereocenters. The Morgan fingerprint density at radius 2 is 1.94 bits per heavy atom. The Labute approximate surface area is 96.5 Å². The van der Waals surface area contributed by atoms with Gasteiger partial charge in [0.25, 0.3) is 0 Å². The quantitative estimate of drug-likeness (QED) is 0.840. The van der Waals surface area contributed by atoms with Crippen molar-refractivity contribution in [2.75, 3.05) is 6.61 Å². The molecule has 1 heterocycles. The molecule has 0 amide bonds. The van der Waals surface area contributed by atoms with Crippen molar-refractivity contribution < 1.29 is 5.11 Å². The van der Waals surface area contributed by atoms with Gasteiger partial charge in [0.1, 0.15) is 0 Å². The minimum atomic E-state index is -0.0515. The second-order valence-electron chi connectivity index (χ2n) is 5.28. The third kappa shape index (κ3) is 1.98. The second kappa shape index (κ2) is 3.95. The van der Waals surface area contributed by atoms with Gasteiger partial charge in [-0.15, -0.1) is 0 Å². The number of nitrogens with zero attached hydrogens (tertiary/aromatic N) is 1. The zero-order chi connectivity index (χ0) is 11.8. The fraction of sp³-hybridized carbons (Fsp3) is 0.429. The molecule has 1 aromatic heterocycles. The van der Waals surface area contributed by atoms with Crippen LogP contribution in [-0.4, -0.2) is 16.3 Å². The molecule has 2 aromatic rings. The molecule has 86 valence electrons. The van der Waals surface area contributed by atoms with Crippen molar-refractivity contribution in [2.45, 2.75) is 20.3 Å². The highest BCUT2D eigenvalue weighted by Crippen LogP contribution is 2.27. The molecule has 2 rings (SSSR count). The third-order valence-electron chi connectivity index (χ3n) is 3.08. The Balaban J connectivity index is 2.46. The number of benzene rings is 1. The van der Waals surface area contributed by atoms with E-state index in [2.05, 4.69) is 55.9 Å². The number of aliphatic hydroxyl groups is 1. The zero-order valence-electron chi connectivity index (χ0n) is 10.2. The largest absolute Gasteiger partial charge is 0.396 e.